The fourth-order valence-corrected chi connectivity index (χ4v) is 3.79. The van der Waals surface area contributed by atoms with Crippen LogP contribution >= 0.6 is 0 Å². The van der Waals surface area contributed by atoms with Gasteiger partial charge in [0, 0.05) is 30.8 Å². The molecule has 0 unspecified atom stereocenters. The third kappa shape index (κ3) is 5.12. The fraction of sp³-hybridized carbons (Fsp3) is 0.292. The summed E-state index contributed by atoms with van der Waals surface area (Å²) in [6.45, 7) is 3.47. The normalized spacial score (nSPS) is 16.5. The SMILES string of the molecule is CCOC(=O)/C=C/c1ccc(NC(=O)N2CCC[C@H](c3nc4ccccc4[nH]3)C2)cc1. The van der Waals surface area contributed by atoms with Crippen LogP contribution in [-0.2, 0) is 9.53 Å². The molecule has 1 saturated heterocycles. The van der Waals surface area contributed by atoms with Gasteiger partial charge in [0.05, 0.1) is 17.6 Å². The first kappa shape index (κ1) is 20.7. The Kier molecular flexibility index (Phi) is 6.31. The van der Waals surface area contributed by atoms with E-state index in [1.54, 1.807) is 13.0 Å². The number of piperidine rings is 1. The first-order valence-corrected chi connectivity index (χ1v) is 10.6. The second kappa shape index (κ2) is 9.47. The number of aromatic nitrogens is 2. The van der Waals surface area contributed by atoms with Gasteiger partial charge in [-0.15, -0.1) is 0 Å². The molecule has 4 rings (SSSR count). The number of imidazole rings is 1. The highest BCUT2D eigenvalue weighted by Crippen LogP contribution is 2.27. The molecule has 1 aliphatic rings. The number of carbonyl (C=O) groups is 2. The van der Waals surface area contributed by atoms with Gasteiger partial charge in [-0.2, -0.15) is 0 Å². The van der Waals surface area contributed by atoms with Gasteiger partial charge in [0.1, 0.15) is 5.82 Å². The number of nitrogens with one attached hydrogen (secondary N) is 2. The van der Waals surface area contributed by atoms with Gasteiger partial charge in [-0.25, -0.2) is 14.6 Å². The average Bonchev–Trinajstić information content (AvgIpc) is 3.23. The van der Waals surface area contributed by atoms with Gasteiger partial charge in [-0.1, -0.05) is 24.3 Å². The van der Waals surface area contributed by atoms with Crippen LogP contribution in [0.4, 0.5) is 10.5 Å². The van der Waals surface area contributed by atoms with Crippen molar-refractivity contribution in [2.45, 2.75) is 25.7 Å². The van der Waals surface area contributed by atoms with E-state index in [-0.39, 0.29) is 17.9 Å². The molecule has 0 bridgehead atoms. The molecule has 1 aromatic heterocycles. The van der Waals surface area contributed by atoms with Crippen molar-refractivity contribution in [3.05, 3.63) is 66.0 Å². The molecule has 31 heavy (non-hydrogen) atoms. The molecule has 2 heterocycles. The van der Waals surface area contributed by atoms with Crippen molar-refractivity contribution >= 4 is 34.8 Å². The zero-order valence-corrected chi connectivity index (χ0v) is 17.5. The van der Waals surface area contributed by atoms with E-state index in [0.717, 1.165) is 41.8 Å². The topological polar surface area (TPSA) is 87.3 Å². The van der Waals surface area contributed by atoms with Crippen molar-refractivity contribution in [2.75, 3.05) is 25.0 Å². The van der Waals surface area contributed by atoms with E-state index < -0.39 is 0 Å². The molecule has 1 atom stereocenters. The summed E-state index contributed by atoms with van der Waals surface area (Å²) in [5.41, 5.74) is 3.55. The Balaban J connectivity index is 1.36. The van der Waals surface area contributed by atoms with Crippen LogP contribution in [0.1, 0.15) is 37.1 Å². The highest BCUT2D eigenvalue weighted by atomic mass is 16.5. The first-order valence-electron chi connectivity index (χ1n) is 10.6. The number of hydrogen-bond donors (Lipinski definition) is 2. The molecule has 2 amide bonds. The van der Waals surface area contributed by atoms with E-state index in [4.69, 9.17) is 9.72 Å². The summed E-state index contributed by atoms with van der Waals surface area (Å²) in [4.78, 5) is 34.2. The molecule has 2 N–H and O–H groups in total. The number of para-hydroxylation sites is 2. The number of H-pyrrole nitrogens is 1. The minimum absolute atomic E-state index is 0.115. The largest absolute Gasteiger partial charge is 0.463 e. The third-order valence-electron chi connectivity index (χ3n) is 5.36. The lowest BCUT2D eigenvalue weighted by Gasteiger charge is -2.31. The van der Waals surface area contributed by atoms with Gasteiger partial charge in [-0.3, -0.25) is 0 Å². The van der Waals surface area contributed by atoms with E-state index in [0.29, 0.717) is 18.8 Å². The minimum atomic E-state index is -0.371. The molecular formula is C24H26N4O3. The molecule has 0 aliphatic carbocycles. The van der Waals surface area contributed by atoms with Crippen molar-refractivity contribution in [3.63, 3.8) is 0 Å². The Morgan fingerprint density at radius 2 is 2.03 bits per heavy atom. The third-order valence-corrected chi connectivity index (χ3v) is 5.36. The van der Waals surface area contributed by atoms with E-state index in [9.17, 15) is 9.59 Å². The highest BCUT2D eigenvalue weighted by Gasteiger charge is 2.26. The Labute approximate surface area is 181 Å². The van der Waals surface area contributed by atoms with Gasteiger partial charge < -0.3 is 19.9 Å². The maximum Gasteiger partial charge on any atom is 0.330 e. The number of rotatable bonds is 5. The molecule has 0 radical (unpaired) electrons. The fourth-order valence-electron chi connectivity index (χ4n) is 3.79. The number of anilines is 1. The van der Waals surface area contributed by atoms with Crippen LogP contribution in [0.5, 0.6) is 0 Å². The summed E-state index contributed by atoms with van der Waals surface area (Å²) in [7, 11) is 0. The number of benzene rings is 2. The van der Waals surface area contributed by atoms with Crippen LogP contribution < -0.4 is 5.32 Å². The summed E-state index contributed by atoms with van der Waals surface area (Å²) in [5, 5.41) is 2.96. The van der Waals surface area contributed by atoms with E-state index >= 15 is 0 Å². The van der Waals surface area contributed by atoms with Crippen molar-refractivity contribution in [3.8, 4) is 0 Å². The molecule has 3 aromatic rings. The quantitative estimate of drug-likeness (QED) is 0.470. The van der Waals surface area contributed by atoms with Gasteiger partial charge in [0.25, 0.3) is 0 Å². The standard InChI is InChI=1S/C24H26N4O3/c1-2-31-22(29)14-11-17-9-12-19(13-10-17)25-24(30)28-15-5-6-18(16-28)23-26-20-7-3-4-8-21(20)27-23/h3-4,7-14,18H,2,5-6,15-16H2,1H3,(H,25,30)(H,26,27)/b14-11+/t18-/m0/s1. The number of amides is 2. The molecule has 0 saturated carbocycles. The summed E-state index contributed by atoms with van der Waals surface area (Å²) in [5.74, 6) is 0.766. The smallest absolute Gasteiger partial charge is 0.330 e. The number of likely N-dealkylation sites (tertiary alicyclic amines) is 1. The second-order valence-corrected chi connectivity index (χ2v) is 7.56. The average molecular weight is 418 g/mol. The van der Waals surface area contributed by atoms with Crippen molar-refractivity contribution in [1.29, 1.82) is 0 Å². The van der Waals surface area contributed by atoms with Crippen LogP contribution in [0.3, 0.4) is 0 Å². The predicted octanol–water partition coefficient (Wildman–Crippen LogP) is 4.55. The minimum Gasteiger partial charge on any atom is -0.463 e. The zero-order chi connectivity index (χ0) is 21.6. The monoisotopic (exact) mass is 418 g/mol. The Morgan fingerprint density at radius 3 is 2.81 bits per heavy atom. The van der Waals surface area contributed by atoms with Crippen LogP contribution in [0, 0.1) is 0 Å². The van der Waals surface area contributed by atoms with Gasteiger partial charge in [0.15, 0.2) is 0 Å². The van der Waals surface area contributed by atoms with Crippen LogP contribution in [0.25, 0.3) is 17.1 Å². The molecule has 7 heteroatoms. The van der Waals surface area contributed by atoms with Gasteiger partial charge >= 0.3 is 12.0 Å². The Morgan fingerprint density at radius 1 is 1.23 bits per heavy atom. The molecule has 1 fully saturated rings. The Hall–Kier alpha value is -3.61. The number of esters is 1. The van der Waals surface area contributed by atoms with Gasteiger partial charge in [-0.05, 0) is 55.7 Å². The molecule has 1 aliphatic heterocycles. The molecule has 2 aromatic carbocycles. The van der Waals surface area contributed by atoms with Crippen molar-refractivity contribution in [2.24, 2.45) is 0 Å². The molecule has 160 valence electrons. The van der Waals surface area contributed by atoms with Gasteiger partial charge in [0.2, 0.25) is 0 Å². The van der Waals surface area contributed by atoms with Crippen molar-refractivity contribution < 1.29 is 14.3 Å². The van der Waals surface area contributed by atoms with E-state index in [2.05, 4.69) is 10.3 Å². The lowest BCUT2D eigenvalue weighted by atomic mass is 9.97. The Bertz CT molecular complexity index is 1050. The van der Waals surface area contributed by atoms with Crippen LogP contribution in [0.2, 0.25) is 0 Å². The number of ether oxygens (including phenoxy) is 1. The number of hydrogen-bond acceptors (Lipinski definition) is 4. The van der Waals surface area contributed by atoms with E-state index in [1.807, 2.05) is 53.4 Å². The van der Waals surface area contributed by atoms with Crippen LogP contribution in [-0.4, -0.2) is 46.6 Å². The zero-order valence-electron chi connectivity index (χ0n) is 17.5. The maximum atomic E-state index is 12.8. The number of fused-ring (bicyclic) bond motifs is 1. The number of aromatic amines is 1. The lowest BCUT2D eigenvalue weighted by molar-refractivity contribution is -0.137. The molecule has 7 nitrogen and oxygen atoms in total. The summed E-state index contributed by atoms with van der Waals surface area (Å²) in [6.07, 6.45) is 5.02. The lowest BCUT2D eigenvalue weighted by Crippen LogP contribution is -2.41. The van der Waals surface area contributed by atoms with Crippen molar-refractivity contribution in [1.82, 2.24) is 14.9 Å². The maximum absolute atomic E-state index is 12.8. The summed E-state index contributed by atoms with van der Waals surface area (Å²) >= 11 is 0. The summed E-state index contributed by atoms with van der Waals surface area (Å²) < 4.78 is 4.87. The first-order chi connectivity index (χ1) is 15.1. The number of nitrogens with zero attached hydrogens (tertiary/aromatic N) is 2. The molecule has 0 spiro atoms. The molecular weight excluding hydrogens is 392 g/mol. The van der Waals surface area contributed by atoms with Crippen LogP contribution in [0.15, 0.2) is 54.6 Å². The highest BCUT2D eigenvalue weighted by molar-refractivity contribution is 5.90. The number of carbonyl (C=O) groups excluding carboxylic acids is 2. The predicted molar refractivity (Wildman–Crippen MR) is 121 cm³/mol. The van der Waals surface area contributed by atoms with E-state index in [1.165, 1.54) is 6.08 Å². The summed E-state index contributed by atoms with van der Waals surface area (Å²) in [6, 6.07) is 15.2. The number of urea groups is 1. The second-order valence-electron chi connectivity index (χ2n) is 7.56.